The summed E-state index contributed by atoms with van der Waals surface area (Å²) in [5.41, 5.74) is 0.128. The van der Waals surface area contributed by atoms with Gasteiger partial charge in [-0.2, -0.15) is 9.57 Å². The van der Waals surface area contributed by atoms with Crippen LogP contribution >= 0.6 is 0 Å². The minimum Gasteiger partial charge on any atom is -0.393 e. The largest absolute Gasteiger partial charge is 0.393 e. The van der Waals surface area contributed by atoms with E-state index in [2.05, 4.69) is 0 Å². The first-order valence-electron chi connectivity index (χ1n) is 9.09. The molecule has 9 heteroatoms. The Morgan fingerprint density at radius 2 is 1.74 bits per heavy atom. The Morgan fingerprint density at radius 1 is 1.11 bits per heavy atom. The molecule has 0 aromatic heterocycles. The number of amides is 1. The zero-order valence-corrected chi connectivity index (χ0v) is 15.9. The number of likely N-dealkylation sites (tertiary alicyclic amines) is 1. The molecule has 146 valence electrons. The van der Waals surface area contributed by atoms with Gasteiger partial charge in [0.1, 0.15) is 6.07 Å². The van der Waals surface area contributed by atoms with Gasteiger partial charge in [0.25, 0.3) is 0 Å². The predicted molar refractivity (Wildman–Crippen MR) is 98.2 cm³/mol. The van der Waals surface area contributed by atoms with E-state index in [4.69, 9.17) is 5.26 Å². The second-order valence-electron chi connectivity index (χ2n) is 6.90. The molecule has 8 nitrogen and oxygen atoms in total. The molecule has 1 N–H and O–H groups in total. The molecule has 0 radical (unpaired) electrons. The summed E-state index contributed by atoms with van der Waals surface area (Å²) in [5, 5.41) is 18.7. The molecule has 1 aromatic carbocycles. The Bertz CT molecular complexity index is 820. The van der Waals surface area contributed by atoms with Crippen molar-refractivity contribution >= 4 is 15.9 Å². The van der Waals surface area contributed by atoms with Gasteiger partial charge in [0.15, 0.2) is 0 Å². The van der Waals surface area contributed by atoms with Crippen LogP contribution in [0.4, 0.5) is 0 Å². The van der Waals surface area contributed by atoms with Crippen LogP contribution in [-0.4, -0.2) is 85.5 Å². The highest BCUT2D eigenvalue weighted by Gasteiger charge is 2.32. The van der Waals surface area contributed by atoms with Crippen LogP contribution in [0.2, 0.25) is 0 Å². The molecule has 3 rings (SSSR count). The third-order valence-electron chi connectivity index (χ3n) is 5.13. The molecule has 0 atom stereocenters. The highest BCUT2D eigenvalue weighted by atomic mass is 32.2. The molecule has 0 bridgehead atoms. The lowest BCUT2D eigenvalue weighted by Crippen LogP contribution is -2.53. The number of nitrogens with zero attached hydrogens (tertiary/aromatic N) is 4. The monoisotopic (exact) mass is 392 g/mol. The summed E-state index contributed by atoms with van der Waals surface area (Å²) in [5.74, 6) is -0.0131. The fourth-order valence-electron chi connectivity index (χ4n) is 3.47. The fraction of sp³-hybridized carbons (Fsp3) is 0.556. The van der Waals surface area contributed by atoms with Gasteiger partial charge in [-0.25, -0.2) is 8.42 Å². The zero-order chi connectivity index (χ0) is 19.4. The Kier molecular flexibility index (Phi) is 6.11. The van der Waals surface area contributed by atoms with Crippen LogP contribution < -0.4 is 0 Å². The first kappa shape index (κ1) is 19.8. The van der Waals surface area contributed by atoms with E-state index in [1.807, 2.05) is 11.0 Å². The molecule has 2 aliphatic rings. The Labute approximate surface area is 159 Å². The predicted octanol–water partition coefficient (Wildman–Crippen LogP) is -0.152. The summed E-state index contributed by atoms with van der Waals surface area (Å²) >= 11 is 0. The molecule has 1 amide bonds. The van der Waals surface area contributed by atoms with Crippen LogP contribution in [0.3, 0.4) is 0 Å². The lowest BCUT2D eigenvalue weighted by atomic mass is 10.1. The van der Waals surface area contributed by atoms with Gasteiger partial charge in [-0.05, 0) is 25.0 Å². The summed E-state index contributed by atoms with van der Waals surface area (Å²) in [6.07, 6.45) is 1.08. The summed E-state index contributed by atoms with van der Waals surface area (Å²) in [4.78, 5) is 16.2. The normalized spacial score (nSPS) is 20.4. The number of piperazine rings is 1. The number of nitriles is 1. The van der Waals surface area contributed by atoms with E-state index < -0.39 is 10.0 Å². The quantitative estimate of drug-likeness (QED) is 0.764. The van der Waals surface area contributed by atoms with Crippen molar-refractivity contribution in [2.24, 2.45) is 0 Å². The van der Waals surface area contributed by atoms with Crippen LogP contribution in [0.5, 0.6) is 0 Å². The van der Waals surface area contributed by atoms with Gasteiger partial charge in [0, 0.05) is 39.3 Å². The van der Waals surface area contributed by atoms with Crippen molar-refractivity contribution in [2.75, 3.05) is 45.8 Å². The number of carbonyl (C=O) groups excluding carboxylic acids is 1. The van der Waals surface area contributed by atoms with Gasteiger partial charge >= 0.3 is 0 Å². The van der Waals surface area contributed by atoms with E-state index in [0.29, 0.717) is 45.6 Å². The Balaban J connectivity index is 1.58. The number of piperidine rings is 1. The molecule has 1 aromatic rings. The van der Waals surface area contributed by atoms with Crippen molar-refractivity contribution in [3.05, 3.63) is 29.8 Å². The number of sulfonamides is 1. The molecule has 0 aliphatic carbocycles. The van der Waals surface area contributed by atoms with Gasteiger partial charge in [-0.15, -0.1) is 0 Å². The van der Waals surface area contributed by atoms with Crippen molar-refractivity contribution in [1.29, 1.82) is 5.26 Å². The first-order chi connectivity index (χ1) is 12.9. The average Bonchev–Trinajstić information content (AvgIpc) is 2.69. The lowest BCUT2D eigenvalue weighted by Gasteiger charge is -2.36. The van der Waals surface area contributed by atoms with E-state index in [9.17, 15) is 18.3 Å². The van der Waals surface area contributed by atoms with Gasteiger partial charge in [0.2, 0.25) is 15.9 Å². The van der Waals surface area contributed by atoms with E-state index in [0.717, 1.165) is 0 Å². The van der Waals surface area contributed by atoms with Crippen LogP contribution in [0.1, 0.15) is 18.4 Å². The molecule has 2 aliphatic heterocycles. The lowest BCUT2D eigenvalue weighted by molar-refractivity contribution is -0.134. The molecule has 2 saturated heterocycles. The van der Waals surface area contributed by atoms with E-state index in [1.165, 1.54) is 16.4 Å². The van der Waals surface area contributed by atoms with Gasteiger partial charge in [-0.3, -0.25) is 9.69 Å². The topological polar surface area (TPSA) is 105 Å². The number of hydrogen-bond acceptors (Lipinski definition) is 6. The molecule has 2 fully saturated rings. The number of rotatable bonds is 4. The maximum Gasteiger partial charge on any atom is 0.244 e. The summed E-state index contributed by atoms with van der Waals surface area (Å²) in [7, 11) is -3.75. The Hall–Kier alpha value is -1.99. The second kappa shape index (κ2) is 8.35. The minimum absolute atomic E-state index is 0.0131. The second-order valence-corrected chi connectivity index (χ2v) is 8.81. The summed E-state index contributed by atoms with van der Waals surface area (Å²) in [6.45, 7) is 2.81. The highest BCUT2D eigenvalue weighted by molar-refractivity contribution is 7.89. The minimum atomic E-state index is -3.75. The van der Waals surface area contributed by atoms with Gasteiger partial charge < -0.3 is 10.0 Å². The van der Waals surface area contributed by atoms with Crippen LogP contribution in [-0.2, 0) is 14.8 Å². The number of benzene rings is 1. The smallest absolute Gasteiger partial charge is 0.244 e. The molecule has 27 heavy (non-hydrogen) atoms. The van der Waals surface area contributed by atoms with Crippen molar-refractivity contribution in [2.45, 2.75) is 23.8 Å². The van der Waals surface area contributed by atoms with Gasteiger partial charge in [-0.1, -0.05) is 12.1 Å². The van der Waals surface area contributed by atoms with Gasteiger partial charge in [0.05, 0.1) is 23.1 Å². The first-order valence-corrected chi connectivity index (χ1v) is 10.5. The van der Waals surface area contributed by atoms with Crippen molar-refractivity contribution < 1.29 is 18.3 Å². The molecule has 0 unspecified atom stereocenters. The highest BCUT2D eigenvalue weighted by Crippen LogP contribution is 2.21. The van der Waals surface area contributed by atoms with Crippen LogP contribution in [0.15, 0.2) is 29.2 Å². The number of hydrogen-bond donors (Lipinski definition) is 1. The van der Waals surface area contributed by atoms with E-state index in [1.54, 1.807) is 17.0 Å². The van der Waals surface area contributed by atoms with E-state index in [-0.39, 0.29) is 35.6 Å². The van der Waals surface area contributed by atoms with Crippen LogP contribution in [0, 0.1) is 11.3 Å². The van der Waals surface area contributed by atoms with Crippen molar-refractivity contribution in [3.63, 3.8) is 0 Å². The van der Waals surface area contributed by atoms with Crippen molar-refractivity contribution in [3.8, 4) is 6.07 Å². The zero-order valence-electron chi connectivity index (χ0n) is 15.1. The third-order valence-corrected chi connectivity index (χ3v) is 7.09. The van der Waals surface area contributed by atoms with Crippen LogP contribution in [0.25, 0.3) is 0 Å². The standard InChI is InChI=1S/C18H24N4O4S/c19-13-15-3-1-2-4-17(15)27(25,26)22-11-9-21(10-12-22)18(24)14-20-7-5-16(23)6-8-20/h1-4,16,23H,5-12,14H2. The van der Waals surface area contributed by atoms with E-state index >= 15 is 0 Å². The van der Waals surface area contributed by atoms with Crippen molar-refractivity contribution in [1.82, 2.24) is 14.1 Å². The summed E-state index contributed by atoms with van der Waals surface area (Å²) < 4.78 is 27.0. The maximum atomic E-state index is 12.8. The number of aliphatic hydroxyl groups is 1. The number of aliphatic hydroxyl groups excluding tert-OH is 1. The SMILES string of the molecule is N#Cc1ccccc1S(=O)(=O)N1CCN(C(=O)CN2CCC(O)CC2)CC1. The summed E-state index contributed by atoms with van der Waals surface area (Å²) in [6, 6.07) is 8.08. The average molecular weight is 392 g/mol. The molecular formula is C18H24N4O4S. The molecular weight excluding hydrogens is 368 g/mol. The molecule has 0 spiro atoms. The molecule has 2 heterocycles. The third kappa shape index (κ3) is 4.47. The number of carbonyl (C=O) groups is 1. The molecule has 0 saturated carbocycles. The Morgan fingerprint density at radius 3 is 2.37 bits per heavy atom. The fourth-order valence-corrected chi connectivity index (χ4v) is 5.03. The maximum absolute atomic E-state index is 12.8.